The maximum absolute atomic E-state index is 11.8. The van der Waals surface area contributed by atoms with Crippen LogP contribution in [-0.2, 0) is 4.79 Å². The first-order valence-corrected chi connectivity index (χ1v) is 7.64. The second-order valence-electron chi connectivity index (χ2n) is 6.23. The summed E-state index contributed by atoms with van der Waals surface area (Å²) in [5.74, 6) is 1.000. The van der Waals surface area contributed by atoms with E-state index in [9.17, 15) is 14.7 Å². The third kappa shape index (κ3) is 2.66. The Labute approximate surface area is 123 Å². The number of hydrogen-bond donors (Lipinski definition) is 2. The molecule has 2 N–H and O–H groups in total. The van der Waals surface area contributed by atoms with Crippen LogP contribution in [-0.4, -0.2) is 34.1 Å². The largest absolute Gasteiger partial charge is 0.481 e. The molecule has 0 aromatic carbocycles. The Morgan fingerprint density at radius 1 is 1.57 bits per heavy atom. The number of aliphatic carboxylic acids is 1. The molecule has 1 aromatic rings. The highest BCUT2D eigenvalue weighted by molar-refractivity contribution is 5.76. The molecular formula is C15H21N3O3. The van der Waals surface area contributed by atoms with Crippen molar-refractivity contribution in [1.82, 2.24) is 9.97 Å². The standard InChI is InChI=1S/C15H21N3O3/c1-2-15(14(20)21)6-3-7-18(9-15)11-8-12(19)17-13(16-11)10-4-5-10/h8,10H,2-7,9H2,1H3,(H,20,21)(H,16,17,19). The van der Waals surface area contributed by atoms with Crippen LogP contribution in [0.4, 0.5) is 5.82 Å². The molecule has 1 aliphatic carbocycles. The molecule has 114 valence electrons. The molecule has 1 saturated heterocycles. The maximum atomic E-state index is 11.8. The summed E-state index contributed by atoms with van der Waals surface area (Å²) in [6.07, 6.45) is 4.24. The summed E-state index contributed by atoms with van der Waals surface area (Å²) in [7, 11) is 0. The molecule has 0 spiro atoms. The minimum absolute atomic E-state index is 0.148. The number of carbonyl (C=O) groups is 1. The van der Waals surface area contributed by atoms with Crippen molar-refractivity contribution in [3.63, 3.8) is 0 Å². The van der Waals surface area contributed by atoms with Crippen molar-refractivity contribution < 1.29 is 9.90 Å². The van der Waals surface area contributed by atoms with Crippen molar-refractivity contribution in [2.75, 3.05) is 18.0 Å². The summed E-state index contributed by atoms with van der Waals surface area (Å²) in [5.41, 5.74) is -0.868. The number of nitrogens with zero attached hydrogens (tertiary/aromatic N) is 2. The first-order valence-electron chi connectivity index (χ1n) is 7.64. The number of anilines is 1. The van der Waals surface area contributed by atoms with Gasteiger partial charge in [-0.2, -0.15) is 0 Å². The lowest BCUT2D eigenvalue weighted by Crippen LogP contribution is -2.48. The van der Waals surface area contributed by atoms with Crippen LogP contribution < -0.4 is 10.5 Å². The monoisotopic (exact) mass is 291 g/mol. The summed E-state index contributed by atoms with van der Waals surface area (Å²) in [5, 5.41) is 9.55. The van der Waals surface area contributed by atoms with Gasteiger partial charge in [0.1, 0.15) is 11.6 Å². The third-order valence-corrected chi connectivity index (χ3v) is 4.74. The fourth-order valence-corrected chi connectivity index (χ4v) is 3.12. The Balaban J connectivity index is 1.89. The minimum atomic E-state index is -0.748. The van der Waals surface area contributed by atoms with Crippen LogP contribution in [0.2, 0.25) is 0 Å². The van der Waals surface area contributed by atoms with Gasteiger partial charge in [0.05, 0.1) is 5.41 Å². The lowest BCUT2D eigenvalue weighted by Gasteiger charge is -2.40. The molecule has 6 nitrogen and oxygen atoms in total. The van der Waals surface area contributed by atoms with E-state index in [1.54, 1.807) is 0 Å². The van der Waals surface area contributed by atoms with Gasteiger partial charge in [0.25, 0.3) is 5.56 Å². The number of aromatic nitrogens is 2. The second-order valence-corrected chi connectivity index (χ2v) is 6.23. The molecule has 21 heavy (non-hydrogen) atoms. The molecule has 3 rings (SSSR count). The van der Waals surface area contributed by atoms with Crippen LogP contribution in [0.25, 0.3) is 0 Å². The Bertz CT molecular complexity index is 608. The highest BCUT2D eigenvalue weighted by Gasteiger charge is 2.41. The number of carboxylic acids is 1. The van der Waals surface area contributed by atoms with Crippen molar-refractivity contribution in [1.29, 1.82) is 0 Å². The summed E-state index contributed by atoms with van der Waals surface area (Å²) in [6.45, 7) is 3.10. The van der Waals surface area contributed by atoms with E-state index in [4.69, 9.17) is 0 Å². The Morgan fingerprint density at radius 2 is 2.33 bits per heavy atom. The average molecular weight is 291 g/mol. The van der Waals surface area contributed by atoms with E-state index in [0.717, 1.165) is 31.6 Å². The van der Waals surface area contributed by atoms with Gasteiger partial charge < -0.3 is 15.0 Å². The SMILES string of the molecule is CCC1(C(=O)O)CCCN(c2cc(=O)[nH]c(C3CC3)n2)C1. The number of aromatic amines is 1. The third-order valence-electron chi connectivity index (χ3n) is 4.74. The number of hydrogen-bond acceptors (Lipinski definition) is 4. The molecule has 6 heteroatoms. The zero-order chi connectivity index (χ0) is 15.0. The minimum Gasteiger partial charge on any atom is -0.481 e. The van der Waals surface area contributed by atoms with Gasteiger partial charge in [-0.1, -0.05) is 6.92 Å². The van der Waals surface area contributed by atoms with E-state index in [1.165, 1.54) is 6.07 Å². The van der Waals surface area contributed by atoms with Crippen LogP contribution in [0.15, 0.2) is 10.9 Å². The number of carboxylic acid groups (broad SMARTS) is 1. The van der Waals surface area contributed by atoms with Crippen LogP contribution in [0.5, 0.6) is 0 Å². The van der Waals surface area contributed by atoms with Gasteiger partial charge in [0.15, 0.2) is 0 Å². The number of piperidine rings is 1. The molecule has 1 aliphatic heterocycles. The maximum Gasteiger partial charge on any atom is 0.311 e. The zero-order valence-corrected chi connectivity index (χ0v) is 12.3. The van der Waals surface area contributed by atoms with E-state index < -0.39 is 11.4 Å². The molecule has 1 saturated carbocycles. The Morgan fingerprint density at radius 3 is 2.95 bits per heavy atom. The van der Waals surface area contributed by atoms with Crippen molar-refractivity contribution >= 4 is 11.8 Å². The predicted octanol–water partition coefficient (Wildman–Crippen LogP) is 1.73. The lowest BCUT2D eigenvalue weighted by atomic mass is 9.77. The fraction of sp³-hybridized carbons (Fsp3) is 0.667. The van der Waals surface area contributed by atoms with Crippen LogP contribution in [0, 0.1) is 5.41 Å². The summed E-state index contributed by atoms with van der Waals surface area (Å²) in [6, 6.07) is 1.49. The van der Waals surface area contributed by atoms with E-state index in [1.807, 2.05) is 11.8 Å². The van der Waals surface area contributed by atoms with Gasteiger partial charge in [-0.15, -0.1) is 0 Å². The molecule has 2 fully saturated rings. The van der Waals surface area contributed by atoms with E-state index in [0.29, 0.717) is 31.1 Å². The Kier molecular flexibility index (Phi) is 3.47. The second kappa shape index (κ2) is 5.16. The molecule has 0 bridgehead atoms. The van der Waals surface area contributed by atoms with Crippen molar-refractivity contribution in [3.05, 3.63) is 22.2 Å². The van der Waals surface area contributed by atoms with Gasteiger partial charge in [0, 0.05) is 25.1 Å². The fourth-order valence-electron chi connectivity index (χ4n) is 3.12. The van der Waals surface area contributed by atoms with Gasteiger partial charge in [-0.3, -0.25) is 9.59 Å². The molecule has 2 aliphatic rings. The van der Waals surface area contributed by atoms with Crippen molar-refractivity contribution in [2.45, 2.75) is 44.9 Å². The van der Waals surface area contributed by atoms with Gasteiger partial charge in [-0.05, 0) is 32.1 Å². The molecule has 0 amide bonds. The Hall–Kier alpha value is -1.85. The zero-order valence-electron chi connectivity index (χ0n) is 12.3. The first-order chi connectivity index (χ1) is 10.0. The predicted molar refractivity (Wildman–Crippen MR) is 78.6 cm³/mol. The van der Waals surface area contributed by atoms with Crippen molar-refractivity contribution in [2.24, 2.45) is 5.41 Å². The number of H-pyrrole nitrogens is 1. The molecule has 1 atom stereocenters. The van der Waals surface area contributed by atoms with Crippen LogP contribution in [0.1, 0.15) is 50.8 Å². The summed E-state index contributed by atoms with van der Waals surface area (Å²) >= 11 is 0. The highest BCUT2D eigenvalue weighted by Crippen LogP contribution is 2.39. The molecular weight excluding hydrogens is 270 g/mol. The molecule has 0 radical (unpaired) electrons. The first kappa shape index (κ1) is 14.1. The molecule has 1 unspecified atom stereocenters. The van der Waals surface area contributed by atoms with Gasteiger partial charge >= 0.3 is 5.97 Å². The van der Waals surface area contributed by atoms with Gasteiger partial charge in [0.2, 0.25) is 0 Å². The number of nitrogens with one attached hydrogen (secondary N) is 1. The molecule has 1 aromatic heterocycles. The highest BCUT2D eigenvalue weighted by atomic mass is 16.4. The van der Waals surface area contributed by atoms with Crippen LogP contribution in [0.3, 0.4) is 0 Å². The molecule has 2 heterocycles. The smallest absolute Gasteiger partial charge is 0.311 e. The summed E-state index contributed by atoms with van der Waals surface area (Å²) in [4.78, 5) is 32.7. The van der Waals surface area contributed by atoms with Crippen LogP contribution >= 0.6 is 0 Å². The summed E-state index contributed by atoms with van der Waals surface area (Å²) < 4.78 is 0. The van der Waals surface area contributed by atoms with E-state index in [-0.39, 0.29) is 5.56 Å². The topological polar surface area (TPSA) is 86.3 Å². The van der Waals surface area contributed by atoms with E-state index >= 15 is 0 Å². The quantitative estimate of drug-likeness (QED) is 0.882. The number of rotatable bonds is 4. The van der Waals surface area contributed by atoms with Gasteiger partial charge in [-0.25, -0.2) is 4.98 Å². The van der Waals surface area contributed by atoms with E-state index in [2.05, 4.69) is 9.97 Å². The van der Waals surface area contributed by atoms with Crippen molar-refractivity contribution in [3.8, 4) is 0 Å². The normalized spacial score (nSPS) is 25.9. The lowest BCUT2D eigenvalue weighted by molar-refractivity contribution is -0.149. The average Bonchev–Trinajstić information content (AvgIpc) is 3.31.